The summed E-state index contributed by atoms with van der Waals surface area (Å²) in [7, 11) is 3.92. The molecule has 8 heteroatoms. The number of aromatic nitrogens is 3. The van der Waals surface area contributed by atoms with Crippen molar-refractivity contribution in [1.82, 2.24) is 25.2 Å². The molecule has 0 aromatic carbocycles. The van der Waals surface area contributed by atoms with Crippen LogP contribution in [0.4, 0.5) is 0 Å². The van der Waals surface area contributed by atoms with E-state index in [0.717, 1.165) is 11.4 Å². The molecule has 0 radical (unpaired) electrons. The zero-order valence-electron chi connectivity index (χ0n) is 16.8. The normalized spacial score (nSPS) is 11.9. The maximum absolute atomic E-state index is 12.7. The van der Waals surface area contributed by atoms with Crippen LogP contribution in [0.25, 0.3) is 21.7 Å². The highest BCUT2D eigenvalue weighted by Gasteiger charge is 2.26. The van der Waals surface area contributed by atoms with E-state index in [9.17, 15) is 9.59 Å². The fourth-order valence-electron chi connectivity index (χ4n) is 2.67. The molecule has 0 atom stereocenters. The summed E-state index contributed by atoms with van der Waals surface area (Å²) in [5.74, 6) is -0.0963. The second kappa shape index (κ2) is 7.81. The molecular formula is C20H25N5O2S. The molecule has 7 nitrogen and oxygen atoms in total. The molecule has 0 aliphatic rings. The molecule has 0 bridgehead atoms. The van der Waals surface area contributed by atoms with Gasteiger partial charge in [-0.1, -0.05) is 20.8 Å². The van der Waals surface area contributed by atoms with Gasteiger partial charge in [-0.15, -0.1) is 11.3 Å². The highest BCUT2D eigenvalue weighted by atomic mass is 32.1. The average molecular weight is 400 g/mol. The number of nitrogens with zero attached hydrogens (tertiary/aromatic N) is 3. The van der Waals surface area contributed by atoms with Crippen molar-refractivity contribution in [1.29, 1.82) is 0 Å². The predicted molar refractivity (Wildman–Crippen MR) is 112 cm³/mol. The van der Waals surface area contributed by atoms with Gasteiger partial charge in [-0.2, -0.15) is 0 Å². The van der Waals surface area contributed by atoms with Gasteiger partial charge < -0.3 is 15.2 Å². The number of nitrogens with one attached hydrogen (secondary N) is 2. The third kappa shape index (κ3) is 4.28. The number of carbonyl (C=O) groups excluding carboxylic acids is 2. The Morgan fingerprint density at radius 1 is 1.29 bits per heavy atom. The molecule has 3 rings (SSSR count). The molecule has 0 aliphatic heterocycles. The summed E-state index contributed by atoms with van der Waals surface area (Å²) in [4.78, 5) is 39.9. The Bertz CT molecular complexity index is 1010. The zero-order valence-corrected chi connectivity index (χ0v) is 17.6. The minimum Gasteiger partial charge on any atom is -0.351 e. The first-order valence-electron chi connectivity index (χ1n) is 9.07. The number of hydrogen-bond donors (Lipinski definition) is 2. The number of carbonyl (C=O) groups is 2. The Kier molecular flexibility index (Phi) is 5.62. The van der Waals surface area contributed by atoms with Crippen LogP contribution < -0.4 is 5.32 Å². The quantitative estimate of drug-likeness (QED) is 0.621. The lowest BCUT2D eigenvalue weighted by Gasteiger charge is -2.15. The van der Waals surface area contributed by atoms with E-state index < -0.39 is 5.41 Å². The number of thiophene rings is 1. The van der Waals surface area contributed by atoms with E-state index in [2.05, 4.69) is 20.3 Å². The smallest absolute Gasteiger partial charge is 0.252 e. The van der Waals surface area contributed by atoms with Crippen LogP contribution in [0.15, 0.2) is 23.8 Å². The van der Waals surface area contributed by atoms with Crippen molar-refractivity contribution in [2.45, 2.75) is 20.8 Å². The Balaban J connectivity index is 1.85. The second-order valence-electron chi connectivity index (χ2n) is 7.99. The fraction of sp³-hybridized carbons (Fsp3) is 0.400. The zero-order chi connectivity index (χ0) is 20.5. The first-order chi connectivity index (χ1) is 13.2. The van der Waals surface area contributed by atoms with Gasteiger partial charge in [-0.25, -0.2) is 9.97 Å². The van der Waals surface area contributed by atoms with Gasteiger partial charge in [-0.3, -0.25) is 9.59 Å². The van der Waals surface area contributed by atoms with Crippen molar-refractivity contribution in [3.8, 4) is 10.6 Å². The molecular weight excluding hydrogens is 374 g/mol. The van der Waals surface area contributed by atoms with Crippen LogP contribution in [0.3, 0.4) is 0 Å². The molecule has 2 N–H and O–H groups in total. The van der Waals surface area contributed by atoms with Crippen LogP contribution >= 0.6 is 11.3 Å². The first-order valence-corrected chi connectivity index (χ1v) is 9.95. The standard InChI is InChI=1S/C20H25N5O2S/c1-20(2,3)17(26)13-9-22-18-16(13)24-14(10-23-18)15-8-12(11-28-15)19(27)21-6-7-25(4)5/h8-11H,6-7H2,1-5H3,(H,21,27)(H,22,23). The van der Waals surface area contributed by atoms with Crippen molar-refractivity contribution in [3.63, 3.8) is 0 Å². The van der Waals surface area contributed by atoms with Crippen LogP contribution in [0, 0.1) is 5.41 Å². The van der Waals surface area contributed by atoms with Gasteiger partial charge in [0, 0.05) is 30.1 Å². The summed E-state index contributed by atoms with van der Waals surface area (Å²) in [5, 5.41) is 4.71. The molecule has 3 aromatic heterocycles. The number of ketones is 1. The van der Waals surface area contributed by atoms with Crippen molar-refractivity contribution >= 4 is 34.2 Å². The molecule has 0 unspecified atom stereocenters. The SMILES string of the molecule is CN(C)CCNC(=O)c1csc(-c2cnc3[nH]cc(C(=O)C(C)(C)C)c3n2)c1. The Labute approximate surface area is 168 Å². The largest absolute Gasteiger partial charge is 0.351 e. The fourth-order valence-corrected chi connectivity index (χ4v) is 3.52. The number of aromatic amines is 1. The number of rotatable bonds is 6. The van der Waals surface area contributed by atoms with Gasteiger partial charge in [0.05, 0.1) is 27.9 Å². The van der Waals surface area contributed by atoms with Crippen LogP contribution in [-0.4, -0.2) is 58.7 Å². The molecule has 148 valence electrons. The van der Waals surface area contributed by atoms with E-state index in [1.165, 1.54) is 11.3 Å². The van der Waals surface area contributed by atoms with Crippen LogP contribution in [0.5, 0.6) is 0 Å². The second-order valence-corrected chi connectivity index (χ2v) is 8.90. The molecule has 0 fully saturated rings. The summed E-state index contributed by atoms with van der Waals surface area (Å²) >= 11 is 1.43. The van der Waals surface area contributed by atoms with Crippen LogP contribution in [0.1, 0.15) is 41.5 Å². The highest BCUT2D eigenvalue weighted by Crippen LogP contribution is 2.29. The number of hydrogen-bond acceptors (Lipinski definition) is 6. The van der Waals surface area contributed by atoms with Gasteiger partial charge in [0.1, 0.15) is 5.52 Å². The molecule has 28 heavy (non-hydrogen) atoms. The van der Waals surface area contributed by atoms with Gasteiger partial charge >= 0.3 is 0 Å². The van der Waals surface area contributed by atoms with Gasteiger partial charge in [0.2, 0.25) is 0 Å². The predicted octanol–water partition coefficient (Wildman–Crippen LogP) is 3.21. The van der Waals surface area contributed by atoms with E-state index in [0.29, 0.717) is 34.5 Å². The van der Waals surface area contributed by atoms with Gasteiger partial charge in [0.25, 0.3) is 5.91 Å². The summed E-state index contributed by atoms with van der Waals surface area (Å²) in [5.41, 5.74) is 2.41. The molecule has 0 saturated heterocycles. The maximum atomic E-state index is 12.7. The topological polar surface area (TPSA) is 91.0 Å². The lowest BCUT2D eigenvalue weighted by molar-refractivity contribution is 0.0859. The third-order valence-electron chi connectivity index (χ3n) is 4.27. The summed E-state index contributed by atoms with van der Waals surface area (Å²) in [6, 6.07) is 1.81. The molecule has 0 spiro atoms. The number of amides is 1. The number of fused-ring (bicyclic) bond motifs is 1. The third-order valence-corrected chi connectivity index (χ3v) is 5.22. The van der Waals surface area contributed by atoms with E-state index in [-0.39, 0.29) is 11.7 Å². The lowest BCUT2D eigenvalue weighted by atomic mass is 9.87. The number of likely N-dealkylation sites (N-methyl/N-ethyl adjacent to an activating group) is 1. The molecule has 0 saturated carbocycles. The molecule has 3 aromatic rings. The summed E-state index contributed by atoms with van der Waals surface area (Å²) in [6.45, 7) is 7.01. The van der Waals surface area contributed by atoms with Crippen LogP contribution in [0.2, 0.25) is 0 Å². The lowest BCUT2D eigenvalue weighted by Crippen LogP contribution is -2.31. The van der Waals surface area contributed by atoms with Crippen LogP contribution in [-0.2, 0) is 0 Å². The van der Waals surface area contributed by atoms with E-state index in [1.54, 1.807) is 12.4 Å². The van der Waals surface area contributed by atoms with Crippen molar-refractivity contribution in [2.24, 2.45) is 5.41 Å². The van der Waals surface area contributed by atoms with E-state index >= 15 is 0 Å². The summed E-state index contributed by atoms with van der Waals surface area (Å²) in [6.07, 6.45) is 3.32. The number of Topliss-reactive ketones (excluding diaryl/α,β-unsaturated/α-hetero) is 1. The highest BCUT2D eigenvalue weighted by molar-refractivity contribution is 7.13. The van der Waals surface area contributed by atoms with Crippen molar-refractivity contribution < 1.29 is 9.59 Å². The Hall–Kier alpha value is -2.58. The Morgan fingerprint density at radius 2 is 2.04 bits per heavy atom. The van der Waals surface area contributed by atoms with E-state index in [1.807, 2.05) is 51.2 Å². The Morgan fingerprint density at radius 3 is 2.71 bits per heavy atom. The minimum atomic E-state index is -0.506. The van der Waals surface area contributed by atoms with Crippen molar-refractivity contribution in [2.75, 3.05) is 27.2 Å². The number of H-pyrrole nitrogens is 1. The first kappa shape index (κ1) is 20.2. The van der Waals surface area contributed by atoms with Crippen molar-refractivity contribution in [3.05, 3.63) is 35.0 Å². The molecule has 1 amide bonds. The molecule has 0 aliphatic carbocycles. The maximum Gasteiger partial charge on any atom is 0.252 e. The average Bonchev–Trinajstić information content (AvgIpc) is 3.26. The monoisotopic (exact) mass is 399 g/mol. The van der Waals surface area contributed by atoms with Gasteiger partial charge in [0.15, 0.2) is 11.4 Å². The molecule has 3 heterocycles. The minimum absolute atomic E-state index is 0.0114. The van der Waals surface area contributed by atoms with E-state index in [4.69, 9.17) is 0 Å². The van der Waals surface area contributed by atoms with Gasteiger partial charge in [-0.05, 0) is 20.2 Å². The summed E-state index contributed by atoms with van der Waals surface area (Å²) < 4.78 is 0.